The molecular weight excluding hydrogens is 342 g/mol. The molecule has 2 aromatic carbocycles. The largest absolute Gasteiger partial charge is 0.392 e. The topological polar surface area (TPSA) is 90.5 Å². The molecule has 4 N–H and O–H groups in total. The van der Waals surface area contributed by atoms with Crippen LogP contribution in [-0.2, 0) is 17.9 Å². The Morgan fingerprint density at radius 2 is 1.81 bits per heavy atom. The van der Waals surface area contributed by atoms with Crippen molar-refractivity contribution in [1.29, 1.82) is 0 Å². The molecule has 3 rings (SSSR count). The maximum atomic E-state index is 12.4. The summed E-state index contributed by atoms with van der Waals surface area (Å²) in [5.41, 5.74) is 3.64. The first-order valence-electron chi connectivity index (χ1n) is 9.13. The molecule has 0 radical (unpaired) electrons. The Balaban J connectivity index is 1.52. The number of amides is 2. The highest BCUT2D eigenvalue weighted by molar-refractivity contribution is 5.94. The summed E-state index contributed by atoms with van der Waals surface area (Å²) in [6.45, 7) is 3.27. The van der Waals surface area contributed by atoms with Gasteiger partial charge in [0, 0.05) is 25.2 Å². The van der Waals surface area contributed by atoms with Crippen LogP contribution in [0.3, 0.4) is 0 Å². The van der Waals surface area contributed by atoms with Crippen LogP contribution in [-0.4, -0.2) is 35.6 Å². The molecule has 0 aromatic heterocycles. The van der Waals surface area contributed by atoms with Crippen LogP contribution in [0.15, 0.2) is 48.5 Å². The van der Waals surface area contributed by atoms with Gasteiger partial charge in [0.2, 0.25) is 5.91 Å². The van der Waals surface area contributed by atoms with E-state index in [1.807, 2.05) is 37.3 Å². The third kappa shape index (κ3) is 5.39. The van der Waals surface area contributed by atoms with Gasteiger partial charge in [-0.15, -0.1) is 0 Å². The minimum absolute atomic E-state index is 0.138. The van der Waals surface area contributed by atoms with E-state index >= 15 is 0 Å². The van der Waals surface area contributed by atoms with Gasteiger partial charge in [-0.3, -0.25) is 9.59 Å². The number of carbonyl (C=O) groups excluding carboxylic acids is 2. The fourth-order valence-electron chi connectivity index (χ4n) is 3.04. The van der Waals surface area contributed by atoms with E-state index < -0.39 is 6.10 Å². The fraction of sp³-hybridized carbons (Fsp3) is 0.333. The lowest BCUT2D eigenvalue weighted by atomic mass is 10.1. The van der Waals surface area contributed by atoms with Crippen LogP contribution >= 0.6 is 0 Å². The van der Waals surface area contributed by atoms with Crippen LogP contribution in [0.4, 0.5) is 0 Å². The van der Waals surface area contributed by atoms with Gasteiger partial charge in [-0.1, -0.05) is 42.0 Å². The van der Waals surface area contributed by atoms with Gasteiger partial charge in [-0.25, -0.2) is 0 Å². The summed E-state index contributed by atoms with van der Waals surface area (Å²) in [5, 5.41) is 18.2. The van der Waals surface area contributed by atoms with Gasteiger partial charge in [-0.2, -0.15) is 0 Å². The molecule has 2 aromatic rings. The zero-order chi connectivity index (χ0) is 19.2. The molecule has 6 nitrogen and oxygen atoms in total. The molecule has 2 atom stereocenters. The molecule has 2 amide bonds. The van der Waals surface area contributed by atoms with E-state index in [-0.39, 0.29) is 17.9 Å². The van der Waals surface area contributed by atoms with E-state index in [0.717, 1.165) is 11.1 Å². The van der Waals surface area contributed by atoms with Gasteiger partial charge in [0.25, 0.3) is 5.91 Å². The van der Waals surface area contributed by atoms with E-state index in [1.165, 1.54) is 5.56 Å². The Morgan fingerprint density at radius 1 is 1.07 bits per heavy atom. The van der Waals surface area contributed by atoms with E-state index in [9.17, 15) is 14.7 Å². The number of hydrogen-bond donors (Lipinski definition) is 4. The third-order valence-corrected chi connectivity index (χ3v) is 4.65. The van der Waals surface area contributed by atoms with Crippen molar-refractivity contribution < 1.29 is 14.7 Å². The summed E-state index contributed by atoms with van der Waals surface area (Å²) in [7, 11) is 0. The number of rotatable bonds is 6. The average molecular weight is 367 g/mol. The molecule has 0 aliphatic carbocycles. The summed E-state index contributed by atoms with van der Waals surface area (Å²) >= 11 is 0. The maximum Gasteiger partial charge on any atom is 0.251 e. The molecular formula is C21H25N3O3. The summed E-state index contributed by atoms with van der Waals surface area (Å²) in [4.78, 5) is 24.5. The van der Waals surface area contributed by atoms with E-state index in [2.05, 4.69) is 16.0 Å². The minimum Gasteiger partial charge on any atom is -0.392 e. The lowest BCUT2D eigenvalue weighted by molar-refractivity contribution is -0.123. The van der Waals surface area contributed by atoms with Crippen LogP contribution in [0.2, 0.25) is 0 Å². The van der Waals surface area contributed by atoms with Gasteiger partial charge in [-0.05, 0) is 36.6 Å². The third-order valence-electron chi connectivity index (χ3n) is 4.65. The van der Waals surface area contributed by atoms with Crippen LogP contribution in [0.1, 0.15) is 33.5 Å². The minimum atomic E-state index is -0.471. The fourth-order valence-corrected chi connectivity index (χ4v) is 3.04. The molecule has 1 heterocycles. The Hall–Kier alpha value is -2.70. The van der Waals surface area contributed by atoms with E-state index in [4.69, 9.17) is 0 Å². The molecule has 27 heavy (non-hydrogen) atoms. The number of aryl methyl sites for hydroxylation is 1. The molecule has 0 spiro atoms. The number of hydrogen-bond acceptors (Lipinski definition) is 4. The van der Waals surface area contributed by atoms with Crippen molar-refractivity contribution in [2.24, 2.45) is 0 Å². The molecule has 1 fully saturated rings. The lowest BCUT2D eigenvalue weighted by Gasteiger charge is -2.12. The first-order valence-corrected chi connectivity index (χ1v) is 9.13. The van der Waals surface area contributed by atoms with Gasteiger partial charge in [0.05, 0.1) is 12.1 Å². The summed E-state index contributed by atoms with van der Waals surface area (Å²) < 4.78 is 0. The molecule has 0 saturated carbocycles. The van der Waals surface area contributed by atoms with E-state index in [1.54, 1.807) is 18.2 Å². The second-order valence-electron chi connectivity index (χ2n) is 6.94. The first kappa shape index (κ1) is 19.1. The molecule has 0 bridgehead atoms. The molecule has 142 valence electrons. The smallest absolute Gasteiger partial charge is 0.251 e. The highest BCUT2D eigenvalue weighted by Gasteiger charge is 2.27. The summed E-state index contributed by atoms with van der Waals surface area (Å²) in [6.07, 6.45) is -0.0471. The maximum absolute atomic E-state index is 12.4. The summed E-state index contributed by atoms with van der Waals surface area (Å²) in [6, 6.07) is 14.9. The van der Waals surface area contributed by atoms with Gasteiger partial charge in [0.1, 0.15) is 0 Å². The number of nitrogens with one attached hydrogen (secondary N) is 3. The Bertz CT molecular complexity index is 805. The predicted molar refractivity (Wildman–Crippen MR) is 103 cm³/mol. The quantitative estimate of drug-likeness (QED) is 0.619. The number of aliphatic hydroxyl groups is 1. The normalized spacial score (nSPS) is 18.9. The van der Waals surface area contributed by atoms with E-state index in [0.29, 0.717) is 31.6 Å². The number of carbonyl (C=O) groups is 2. The van der Waals surface area contributed by atoms with Crippen molar-refractivity contribution in [1.82, 2.24) is 16.0 Å². The van der Waals surface area contributed by atoms with Crippen molar-refractivity contribution in [3.05, 3.63) is 70.8 Å². The SMILES string of the molecule is Cc1ccc(CNC(=O)c2cccc(CNC(=O)C3CC(O)CN3)c2)cc1. The second-order valence-corrected chi connectivity index (χ2v) is 6.94. The van der Waals surface area contributed by atoms with Crippen LogP contribution in [0, 0.1) is 6.92 Å². The van der Waals surface area contributed by atoms with Gasteiger partial charge < -0.3 is 21.1 Å². The van der Waals surface area contributed by atoms with Crippen LogP contribution < -0.4 is 16.0 Å². The van der Waals surface area contributed by atoms with Crippen molar-refractivity contribution >= 4 is 11.8 Å². The van der Waals surface area contributed by atoms with Crippen molar-refractivity contribution in [3.63, 3.8) is 0 Å². The molecule has 1 aliphatic rings. The highest BCUT2D eigenvalue weighted by Crippen LogP contribution is 2.09. The van der Waals surface area contributed by atoms with Crippen LogP contribution in [0.5, 0.6) is 0 Å². The molecule has 6 heteroatoms. The van der Waals surface area contributed by atoms with Crippen molar-refractivity contribution in [2.45, 2.75) is 38.6 Å². The predicted octanol–water partition coefficient (Wildman–Crippen LogP) is 1.26. The van der Waals surface area contributed by atoms with Crippen LogP contribution in [0.25, 0.3) is 0 Å². The Kier molecular flexibility index (Phi) is 6.21. The monoisotopic (exact) mass is 367 g/mol. The van der Waals surface area contributed by atoms with Crippen molar-refractivity contribution in [3.8, 4) is 0 Å². The number of β-amino-alcohol motifs (C(OH)–C–C–N with tert-alkyl or cyclic N) is 1. The molecule has 1 aliphatic heterocycles. The van der Waals surface area contributed by atoms with Gasteiger partial charge in [0.15, 0.2) is 0 Å². The summed E-state index contributed by atoms with van der Waals surface area (Å²) in [5.74, 6) is -0.287. The Morgan fingerprint density at radius 3 is 2.52 bits per heavy atom. The number of aliphatic hydroxyl groups excluding tert-OH is 1. The van der Waals surface area contributed by atoms with Gasteiger partial charge >= 0.3 is 0 Å². The van der Waals surface area contributed by atoms with Crippen molar-refractivity contribution in [2.75, 3.05) is 6.54 Å². The number of benzene rings is 2. The Labute approximate surface area is 159 Å². The highest BCUT2D eigenvalue weighted by atomic mass is 16.3. The average Bonchev–Trinajstić information content (AvgIpc) is 3.12. The lowest BCUT2D eigenvalue weighted by Crippen LogP contribution is -2.40. The first-order chi connectivity index (χ1) is 13.0. The zero-order valence-electron chi connectivity index (χ0n) is 15.4. The molecule has 1 saturated heterocycles. The molecule has 2 unspecified atom stereocenters. The zero-order valence-corrected chi connectivity index (χ0v) is 15.4. The second kappa shape index (κ2) is 8.79. The standard InChI is InChI=1S/C21H25N3O3/c1-14-5-7-15(8-6-14)11-23-20(26)17-4-2-3-16(9-17)12-24-21(27)19-10-18(25)13-22-19/h2-9,18-19,22,25H,10-13H2,1H3,(H,23,26)(H,24,27).